The Morgan fingerprint density at radius 2 is 1.95 bits per heavy atom. The minimum absolute atomic E-state index is 0.155. The van der Waals surface area contributed by atoms with Crippen molar-refractivity contribution in [2.45, 2.75) is 13.8 Å². The molecule has 0 aliphatic rings. The van der Waals surface area contributed by atoms with Gasteiger partial charge in [-0.15, -0.1) is 5.10 Å². The first-order valence-corrected chi connectivity index (χ1v) is 5.94. The third-order valence-corrected chi connectivity index (χ3v) is 2.63. The van der Waals surface area contributed by atoms with Gasteiger partial charge in [0.05, 0.1) is 11.4 Å². The molecule has 2 N–H and O–H groups in total. The molecule has 7 heteroatoms. The topological polar surface area (TPSA) is 79.8 Å². The molecule has 0 unspecified atom stereocenters. The van der Waals surface area contributed by atoms with E-state index in [2.05, 4.69) is 25.8 Å². The maximum absolute atomic E-state index is 11.7. The fourth-order valence-electron chi connectivity index (χ4n) is 1.34. The lowest BCUT2D eigenvalue weighted by Gasteiger charge is -2.07. The van der Waals surface area contributed by atoms with E-state index in [9.17, 15) is 4.79 Å². The second kappa shape index (κ2) is 5.62. The molecule has 0 radical (unpaired) electrons. The fourth-order valence-corrected chi connectivity index (χ4v) is 1.53. The Hall–Kier alpha value is -2.21. The number of aryl methyl sites for hydroxylation is 2. The van der Waals surface area contributed by atoms with Crippen molar-refractivity contribution in [3.63, 3.8) is 0 Å². The Labute approximate surface area is 115 Å². The summed E-state index contributed by atoms with van der Waals surface area (Å²) >= 11 is 5.82. The molecule has 0 aliphatic heterocycles. The number of amides is 2. The Morgan fingerprint density at radius 1 is 1.16 bits per heavy atom. The molecule has 98 valence electrons. The van der Waals surface area contributed by atoms with Crippen LogP contribution in [-0.4, -0.2) is 21.2 Å². The van der Waals surface area contributed by atoms with E-state index < -0.39 is 6.03 Å². The van der Waals surface area contributed by atoms with E-state index in [1.54, 1.807) is 38.1 Å². The molecule has 2 aromatic rings. The van der Waals surface area contributed by atoms with Crippen molar-refractivity contribution in [1.29, 1.82) is 0 Å². The highest BCUT2D eigenvalue weighted by atomic mass is 35.5. The zero-order chi connectivity index (χ0) is 13.8. The van der Waals surface area contributed by atoms with Crippen molar-refractivity contribution >= 4 is 29.3 Å². The molecule has 19 heavy (non-hydrogen) atoms. The number of carbonyl (C=O) groups is 1. The van der Waals surface area contributed by atoms with E-state index in [1.165, 1.54) is 0 Å². The van der Waals surface area contributed by atoms with E-state index in [0.717, 1.165) is 5.69 Å². The predicted octanol–water partition coefficient (Wildman–Crippen LogP) is 2.79. The van der Waals surface area contributed by atoms with Gasteiger partial charge in [0.1, 0.15) is 0 Å². The van der Waals surface area contributed by atoms with Crippen LogP contribution < -0.4 is 10.6 Å². The van der Waals surface area contributed by atoms with Gasteiger partial charge in [0.25, 0.3) is 5.95 Å². The van der Waals surface area contributed by atoms with Crippen molar-refractivity contribution in [2.75, 3.05) is 10.6 Å². The Kier molecular flexibility index (Phi) is 3.91. The lowest BCUT2D eigenvalue weighted by Crippen LogP contribution is -2.21. The van der Waals surface area contributed by atoms with Gasteiger partial charge in [-0.1, -0.05) is 17.7 Å². The molecule has 0 bridgehead atoms. The zero-order valence-corrected chi connectivity index (χ0v) is 11.2. The van der Waals surface area contributed by atoms with Gasteiger partial charge in [-0.3, -0.25) is 5.32 Å². The molecule has 2 rings (SSSR count). The highest BCUT2D eigenvalue weighted by Crippen LogP contribution is 2.15. The lowest BCUT2D eigenvalue weighted by molar-refractivity contribution is 0.262. The molecule has 0 fully saturated rings. The minimum Gasteiger partial charge on any atom is -0.308 e. The normalized spacial score (nSPS) is 10.1. The number of hydrogen-bond donors (Lipinski definition) is 2. The average Bonchev–Trinajstić information content (AvgIpc) is 2.34. The first-order valence-electron chi connectivity index (χ1n) is 5.56. The number of urea groups is 1. The van der Waals surface area contributed by atoms with E-state index in [4.69, 9.17) is 11.6 Å². The molecular formula is C12H12ClN5O. The molecule has 0 saturated carbocycles. The molecule has 1 heterocycles. The van der Waals surface area contributed by atoms with Crippen LogP contribution in [0.3, 0.4) is 0 Å². The highest BCUT2D eigenvalue weighted by molar-refractivity contribution is 6.30. The summed E-state index contributed by atoms with van der Waals surface area (Å²) in [6.07, 6.45) is 0. The molecule has 2 amide bonds. The summed E-state index contributed by atoms with van der Waals surface area (Å²) in [6.45, 7) is 3.59. The Morgan fingerprint density at radius 3 is 2.63 bits per heavy atom. The predicted molar refractivity (Wildman–Crippen MR) is 73.4 cm³/mol. The van der Waals surface area contributed by atoms with Crippen LogP contribution in [0.15, 0.2) is 24.3 Å². The smallest absolute Gasteiger partial charge is 0.308 e. The standard InChI is InChI=1S/C12H12ClN5O/c1-7-8(2)17-18-11(14-7)16-12(19)15-10-5-3-4-9(13)6-10/h3-6H,1-2H3,(H2,14,15,16,18,19). The summed E-state index contributed by atoms with van der Waals surface area (Å²) in [5.41, 5.74) is 2.02. The lowest BCUT2D eigenvalue weighted by atomic mass is 10.3. The summed E-state index contributed by atoms with van der Waals surface area (Å²) in [5, 5.41) is 13.3. The number of aromatic nitrogens is 3. The second-order valence-electron chi connectivity index (χ2n) is 3.90. The van der Waals surface area contributed by atoms with Gasteiger partial charge in [-0.05, 0) is 32.0 Å². The van der Waals surface area contributed by atoms with Gasteiger partial charge in [-0.2, -0.15) is 5.10 Å². The maximum atomic E-state index is 11.7. The number of nitrogens with one attached hydrogen (secondary N) is 2. The molecular weight excluding hydrogens is 266 g/mol. The van der Waals surface area contributed by atoms with Crippen molar-refractivity contribution in [2.24, 2.45) is 0 Å². The minimum atomic E-state index is -0.452. The molecule has 0 saturated heterocycles. The zero-order valence-electron chi connectivity index (χ0n) is 10.4. The van der Waals surface area contributed by atoms with Gasteiger partial charge in [0.15, 0.2) is 0 Å². The number of rotatable bonds is 2. The van der Waals surface area contributed by atoms with Gasteiger partial charge >= 0.3 is 6.03 Å². The molecule has 1 aromatic heterocycles. The molecule has 1 aromatic carbocycles. The third kappa shape index (κ3) is 3.62. The summed E-state index contributed by atoms with van der Waals surface area (Å²) in [7, 11) is 0. The van der Waals surface area contributed by atoms with Crippen LogP contribution in [-0.2, 0) is 0 Å². The van der Waals surface area contributed by atoms with Gasteiger partial charge in [0, 0.05) is 10.7 Å². The summed E-state index contributed by atoms with van der Waals surface area (Å²) in [4.78, 5) is 15.8. The van der Waals surface area contributed by atoms with Crippen molar-refractivity contribution < 1.29 is 4.79 Å². The monoisotopic (exact) mass is 277 g/mol. The van der Waals surface area contributed by atoms with Crippen molar-refractivity contribution in [3.8, 4) is 0 Å². The van der Waals surface area contributed by atoms with E-state index >= 15 is 0 Å². The first-order chi connectivity index (χ1) is 9.04. The SMILES string of the molecule is Cc1nnc(NC(=O)Nc2cccc(Cl)c2)nc1C. The Balaban J connectivity index is 2.03. The number of hydrogen-bond acceptors (Lipinski definition) is 4. The Bertz CT molecular complexity index is 617. The number of nitrogens with zero attached hydrogens (tertiary/aromatic N) is 3. The van der Waals surface area contributed by atoms with Crippen molar-refractivity contribution in [3.05, 3.63) is 40.7 Å². The number of carbonyl (C=O) groups excluding carboxylic acids is 1. The van der Waals surface area contributed by atoms with E-state index in [1.807, 2.05) is 0 Å². The quantitative estimate of drug-likeness (QED) is 0.884. The fraction of sp³-hybridized carbons (Fsp3) is 0.167. The number of anilines is 2. The summed E-state index contributed by atoms with van der Waals surface area (Å²) < 4.78 is 0. The van der Waals surface area contributed by atoms with Crippen molar-refractivity contribution in [1.82, 2.24) is 15.2 Å². The maximum Gasteiger partial charge on any atom is 0.326 e. The molecule has 6 nitrogen and oxygen atoms in total. The first kappa shape index (κ1) is 13.2. The van der Waals surface area contributed by atoms with E-state index in [-0.39, 0.29) is 5.95 Å². The molecule has 0 spiro atoms. The average molecular weight is 278 g/mol. The van der Waals surface area contributed by atoms with Gasteiger partial charge in [-0.25, -0.2) is 9.78 Å². The largest absolute Gasteiger partial charge is 0.326 e. The van der Waals surface area contributed by atoms with Crippen LogP contribution in [0.2, 0.25) is 5.02 Å². The molecule has 0 aliphatic carbocycles. The summed E-state index contributed by atoms with van der Waals surface area (Å²) in [5.74, 6) is 0.155. The van der Waals surface area contributed by atoms with Gasteiger partial charge in [0.2, 0.25) is 0 Å². The van der Waals surface area contributed by atoms with E-state index in [0.29, 0.717) is 16.4 Å². The van der Waals surface area contributed by atoms with Crippen LogP contribution in [0.1, 0.15) is 11.4 Å². The van der Waals surface area contributed by atoms with Gasteiger partial charge < -0.3 is 5.32 Å². The summed E-state index contributed by atoms with van der Waals surface area (Å²) in [6, 6.07) is 6.38. The van der Waals surface area contributed by atoms with Crippen LogP contribution in [0.4, 0.5) is 16.4 Å². The molecule has 0 atom stereocenters. The van der Waals surface area contributed by atoms with Crippen LogP contribution in [0.5, 0.6) is 0 Å². The van der Waals surface area contributed by atoms with Crippen LogP contribution >= 0.6 is 11.6 Å². The third-order valence-electron chi connectivity index (χ3n) is 2.40. The number of benzene rings is 1. The number of halogens is 1. The van der Waals surface area contributed by atoms with Crippen LogP contribution in [0, 0.1) is 13.8 Å². The van der Waals surface area contributed by atoms with Crippen LogP contribution in [0.25, 0.3) is 0 Å². The second-order valence-corrected chi connectivity index (χ2v) is 4.33. The highest BCUT2D eigenvalue weighted by Gasteiger charge is 2.06.